The maximum Gasteiger partial charge on any atom is 0.232 e. The number of hydrogen-bond donors (Lipinski definition) is 1. The summed E-state index contributed by atoms with van der Waals surface area (Å²) >= 11 is 5.86. The Bertz CT molecular complexity index is 687. The van der Waals surface area contributed by atoms with E-state index in [4.69, 9.17) is 16.3 Å². The third-order valence-corrected chi connectivity index (χ3v) is 3.06. The molecule has 3 nitrogen and oxygen atoms in total. The number of phenols is 1. The summed E-state index contributed by atoms with van der Waals surface area (Å²) in [5.41, 5.74) is 1.25. The predicted molar refractivity (Wildman–Crippen MR) is 72.5 cm³/mol. The van der Waals surface area contributed by atoms with Crippen LogP contribution in [0.15, 0.2) is 48.2 Å². The zero-order valence-corrected chi connectivity index (χ0v) is 10.5. The van der Waals surface area contributed by atoms with Crippen LogP contribution >= 0.6 is 11.6 Å². The number of carbonyl (C=O) groups excluding carboxylic acids is 1. The topological polar surface area (TPSA) is 46.5 Å². The van der Waals surface area contributed by atoms with Gasteiger partial charge in [-0.05, 0) is 42.0 Å². The Kier molecular flexibility index (Phi) is 2.76. The average molecular weight is 273 g/mol. The molecule has 0 spiro atoms. The van der Waals surface area contributed by atoms with Crippen LogP contribution in [0.4, 0.5) is 0 Å². The molecule has 1 N–H and O–H groups in total. The number of carbonyl (C=O) groups is 1. The molecule has 0 unspecified atom stereocenters. The van der Waals surface area contributed by atoms with E-state index in [1.54, 1.807) is 48.5 Å². The van der Waals surface area contributed by atoms with Gasteiger partial charge in [0, 0.05) is 5.02 Å². The highest BCUT2D eigenvalue weighted by Crippen LogP contribution is 2.33. The van der Waals surface area contributed by atoms with Gasteiger partial charge in [-0.15, -0.1) is 0 Å². The quantitative estimate of drug-likeness (QED) is 0.806. The van der Waals surface area contributed by atoms with Crippen LogP contribution in [0.5, 0.6) is 11.5 Å². The zero-order chi connectivity index (χ0) is 13.4. The Morgan fingerprint density at radius 1 is 1.11 bits per heavy atom. The lowest BCUT2D eigenvalue weighted by molar-refractivity contribution is 0.101. The SMILES string of the molecule is O=C1/C(=C/c2ccc(O)cc2)Oc2ccc(Cl)cc21. The van der Waals surface area contributed by atoms with Gasteiger partial charge in [-0.2, -0.15) is 0 Å². The van der Waals surface area contributed by atoms with Gasteiger partial charge in [-0.25, -0.2) is 0 Å². The van der Waals surface area contributed by atoms with Crippen LogP contribution in [0.3, 0.4) is 0 Å². The molecule has 0 saturated heterocycles. The van der Waals surface area contributed by atoms with Crippen molar-refractivity contribution in [2.45, 2.75) is 0 Å². The first kappa shape index (κ1) is 11.8. The van der Waals surface area contributed by atoms with Crippen LogP contribution in [0.2, 0.25) is 5.02 Å². The average Bonchev–Trinajstić information content (AvgIpc) is 2.70. The molecule has 3 rings (SSSR count). The van der Waals surface area contributed by atoms with Gasteiger partial charge < -0.3 is 9.84 Å². The molecule has 0 saturated carbocycles. The molecule has 2 aromatic carbocycles. The Morgan fingerprint density at radius 3 is 2.58 bits per heavy atom. The van der Waals surface area contributed by atoms with Gasteiger partial charge in [0.15, 0.2) is 5.76 Å². The molecular weight excluding hydrogens is 264 g/mol. The fourth-order valence-corrected chi connectivity index (χ4v) is 2.06. The Balaban J connectivity index is 1.97. The van der Waals surface area contributed by atoms with Crippen molar-refractivity contribution in [2.24, 2.45) is 0 Å². The highest BCUT2D eigenvalue weighted by molar-refractivity contribution is 6.31. The molecule has 0 aliphatic carbocycles. The van der Waals surface area contributed by atoms with Crippen molar-refractivity contribution in [2.75, 3.05) is 0 Å². The van der Waals surface area contributed by atoms with Gasteiger partial charge >= 0.3 is 0 Å². The Labute approximate surface area is 114 Å². The number of benzene rings is 2. The number of ketones is 1. The van der Waals surface area contributed by atoms with Crippen molar-refractivity contribution in [3.8, 4) is 11.5 Å². The Morgan fingerprint density at radius 2 is 1.84 bits per heavy atom. The first-order valence-electron chi connectivity index (χ1n) is 5.66. The summed E-state index contributed by atoms with van der Waals surface area (Å²) in [6.45, 7) is 0. The van der Waals surface area contributed by atoms with Crippen molar-refractivity contribution < 1.29 is 14.6 Å². The van der Waals surface area contributed by atoms with Gasteiger partial charge in [0.1, 0.15) is 11.5 Å². The van der Waals surface area contributed by atoms with Gasteiger partial charge in [-0.1, -0.05) is 23.7 Å². The van der Waals surface area contributed by atoms with Crippen LogP contribution in [0.1, 0.15) is 15.9 Å². The lowest BCUT2D eigenvalue weighted by Gasteiger charge is -1.98. The predicted octanol–water partition coefficient (Wildman–Crippen LogP) is 3.66. The standard InChI is InChI=1S/C15H9ClO3/c16-10-3-6-13-12(8-10)15(18)14(19-13)7-9-1-4-11(17)5-2-9/h1-8,17H/b14-7-. The second-order valence-corrected chi connectivity index (χ2v) is 4.61. The fourth-order valence-electron chi connectivity index (χ4n) is 1.88. The minimum atomic E-state index is -0.189. The van der Waals surface area contributed by atoms with Crippen molar-refractivity contribution in [3.63, 3.8) is 0 Å². The second-order valence-electron chi connectivity index (χ2n) is 4.17. The van der Waals surface area contributed by atoms with E-state index in [-0.39, 0.29) is 17.3 Å². The first-order valence-corrected chi connectivity index (χ1v) is 6.04. The highest BCUT2D eigenvalue weighted by Gasteiger charge is 2.27. The third kappa shape index (κ3) is 2.20. The molecule has 0 amide bonds. The summed E-state index contributed by atoms with van der Waals surface area (Å²) in [6, 6.07) is 11.5. The minimum absolute atomic E-state index is 0.177. The van der Waals surface area contributed by atoms with E-state index in [0.717, 1.165) is 5.56 Å². The van der Waals surface area contributed by atoms with E-state index in [2.05, 4.69) is 0 Å². The number of hydrogen-bond acceptors (Lipinski definition) is 3. The van der Waals surface area contributed by atoms with Crippen LogP contribution in [-0.2, 0) is 0 Å². The number of aromatic hydroxyl groups is 1. The maximum absolute atomic E-state index is 12.1. The smallest absolute Gasteiger partial charge is 0.232 e. The molecule has 2 aromatic rings. The summed E-state index contributed by atoms with van der Waals surface area (Å²) < 4.78 is 5.50. The van der Waals surface area contributed by atoms with Crippen molar-refractivity contribution >= 4 is 23.5 Å². The molecule has 1 heterocycles. The van der Waals surface area contributed by atoms with Gasteiger partial charge in [-0.3, -0.25) is 4.79 Å². The number of Topliss-reactive ketones (excluding diaryl/α,β-unsaturated/α-hetero) is 1. The number of ether oxygens (including phenoxy) is 1. The normalized spacial score (nSPS) is 15.4. The molecule has 4 heteroatoms. The summed E-state index contributed by atoms with van der Waals surface area (Å²) in [7, 11) is 0. The lowest BCUT2D eigenvalue weighted by Crippen LogP contribution is -1.97. The zero-order valence-electron chi connectivity index (χ0n) is 9.76. The number of fused-ring (bicyclic) bond motifs is 1. The maximum atomic E-state index is 12.1. The number of rotatable bonds is 1. The molecule has 0 fully saturated rings. The monoisotopic (exact) mass is 272 g/mol. The van der Waals surface area contributed by atoms with E-state index >= 15 is 0 Å². The van der Waals surface area contributed by atoms with Crippen LogP contribution in [0.25, 0.3) is 6.08 Å². The van der Waals surface area contributed by atoms with Crippen molar-refractivity contribution in [1.82, 2.24) is 0 Å². The van der Waals surface area contributed by atoms with E-state index < -0.39 is 0 Å². The summed E-state index contributed by atoms with van der Waals surface area (Å²) in [6.07, 6.45) is 1.63. The number of allylic oxidation sites excluding steroid dienone is 1. The van der Waals surface area contributed by atoms with Gasteiger partial charge in [0.25, 0.3) is 0 Å². The van der Waals surface area contributed by atoms with E-state index in [0.29, 0.717) is 16.3 Å². The second kappa shape index (κ2) is 4.44. The lowest BCUT2D eigenvalue weighted by atomic mass is 10.1. The molecule has 0 atom stereocenters. The summed E-state index contributed by atoms with van der Waals surface area (Å²) in [4.78, 5) is 12.1. The van der Waals surface area contributed by atoms with Crippen LogP contribution < -0.4 is 4.74 Å². The number of halogens is 1. The molecule has 1 aliphatic heterocycles. The highest BCUT2D eigenvalue weighted by atomic mass is 35.5. The van der Waals surface area contributed by atoms with Crippen molar-refractivity contribution in [3.05, 3.63) is 64.4 Å². The molecular formula is C15H9ClO3. The summed E-state index contributed by atoms with van der Waals surface area (Å²) in [5, 5.41) is 9.71. The third-order valence-electron chi connectivity index (χ3n) is 2.82. The van der Waals surface area contributed by atoms with Crippen LogP contribution in [0, 0.1) is 0 Å². The Hall–Kier alpha value is -2.26. The van der Waals surface area contributed by atoms with E-state index in [1.807, 2.05) is 0 Å². The van der Waals surface area contributed by atoms with E-state index in [1.165, 1.54) is 0 Å². The number of phenolic OH excluding ortho intramolecular Hbond substituents is 1. The molecule has 0 aromatic heterocycles. The van der Waals surface area contributed by atoms with Gasteiger partial charge in [0.2, 0.25) is 5.78 Å². The molecule has 1 aliphatic rings. The van der Waals surface area contributed by atoms with Gasteiger partial charge in [0.05, 0.1) is 5.56 Å². The molecule has 19 heavy (non-hydrogen) atoms. The molecule has 0 bridgehead atoms. The molecule has 0 radical (unpaired) electrons. The molecule has 94 valence electrons. The first-order chi connectivity index (χ1) is 9.13. The fraction of sp³-hybridized carbons (Fsp3) is 0. The van der Waals surface area contributed by atoms with Crippen molar-refractivity contribution in [1.29, 1.82) is 0 Å². The minimum Gasteiger partial charge on any atom is -0.508 e. The summed E-state index contributed by atoms with van der Waals surface area (Å²) in [5.74, 6) is 0.754. The van der Waals surface area contributed by atoms with E-state index in [9.17, 15) is 9.90 Å². The van der Waals surface area contributed by atoms with Crippen LogP contribution in [-0.4, -0.2) is 10.9 Å². The largest absolute Gasteiger partial charge is 0.508 e.